The maximum Gasteiger partial charge on any atom is 0.309 e. The minimum atomic E-state index is -3.23. The van der Waals surface area contributed by atoms with Crippen molar-refractivity contribution < 1.29 is 26.0 Å². The molecule has 1 aromatic heterocycles. The van der Waals surface area contributed by atoms with E-state index in [2.05, 4.69) is 9.72 Å². The average Bonchev–Trinajstić information content (AvgIpc) is 2.86. The van der Waals surface area contributed by atoms with E-state index in [0.29, 0.717) is 0 Å². The third-order valence-electron chi connectivity index (χ3n) is 1.94. The first-order chi connectivity index (χ1) is 11.9. The fraction of sp³-hybridized carbons (Fsp3) is 0.636. The van der Waals surface area contributed by atoms with Gasteiger partial charge in [-0.1, -0.05) is 6.85 Å². The van der Waals surface area contributed by atoms with E-state index in [0.717, 1.165) is 0 Å². The topological polar surface area (TPSA) is 44.1 Å². The van der Waals surface area contributed by atoms with Crippen LogP contribution in [0.5, 0.6) is 0 Å². The van der Waals surface area contributed by atoms with Crippen LogP contribution in [0.2, 0.25) is 0 Å². The van der Waals surface area contributed by atoms with Gasteiger partial charge in [0.15, 0.2) is 0 Å². The van der Waals surface area contributed by atoms with E-state index in [9.17, 15) is 4.79 Å². The Hall–Kier alpha value is -1.32. The minimum Gasteiger partial charge on any atom is -0.465 e. The van der Waals surface area contributed by atoms with Gasteiger partial charge in [-0.2, -0.15) is 0 Å². The van der Waals surface area contributed by atoms with Gasteiger partial charge in [0.2, 0.25) is 0 Å². The highest BCUT2D eigenvalue weighted by atomic mass is 16.5. The number of ether oxygens (including phenoxy) is 1. The second kappa shape index (κ2) is 4.04. The van der Waals surface area contributed by atoms with E-state index in [4.69, 9.17) is 16.4 Å². The van der Waals surface area contributed by atoms with Crippen molar-refractivity contribution in [1.82, 2.24) is 9.55 Å². The molecule has 0 spiro atoms. The summed E-state index contributed by atoms with van der Waals surface area (Å²) in [5, 5.41) is 0. The zero-order chi connectivity index (χ0) is 21.2. The number of carbonyl (C=O) groups excluding carboxylic acids is 1. The molecule has 1 aromatic rings. The summed E-state index contributed by atoms with van der Waals surface area (Å²) in [5.41, 5.74) is -1.03. The molecular formula is C11H16N2O2. The molecule has 1 saturated heterocycles. The third kappa shape index (κ3) is 1.89. The molecule has 0 aliphatic carbocycles. The molecule has 1 fully saturated rings. The maximum atomic E-state index is 12.1. The van der Waals surface area contributed by atoms with Gasteiger partial charge in [0.05, 0.1) is 20.2 Å². The van der Waals surface area contributed by atoms with Crippen LogP contribution in [-0.2, 0) is 22.9 Å². The molecule has 0 aromatic carbocycles. The summed E-state index contributed by atoms with van der Waals surface area (Å²) in [6.45, 7) is -7.06. The summed E-state index contributed by atoms with van der Waals surface area (Å²) >= 11 is 0. The van der Waals surface area contributed by atoms with Crippen LogP contribution < -0.4 is 0 Å². The molecule has 0 amide bonds. The molecule has 4 nitrogen and oxygen atoms in total. The van der Waals surface area contributed by atoms with Crippen molar-refractivity contribution in [3.63, 3.8) is 0 Å². The predicted molar refractivity (Wildman–Crippen MR) is 55.1 cm³/mol. The number of rotatable bonds is 3. The van der Waals surface area contributed by atoms with Gasteiger partial charge in [0, 0.05) is 38.4 Å². The molecule has 0 unspecified atom stereocenters. The highest BCUT2D eigenvalue weighted by Gasteiger charge is 2.35. The van der Waals surface area contributed by atoms with Gasteiger partial charge in [0.25, 0.3) is 0 Å². The SMILES string of the molecule is [2H]c1nc([2H])n(C([2H])([2H])[2H])c1C([2H])([2H])[C@@]1([2H])COC(=O)[C@@]1([2H])CC([2H])([2H])[2H]. The predicted octanol–water partition coefficient (Wildman–Crippen LogP) is 1.16. The van der Waals surface area contributed by atoms with E-state index in [-0.39, 0.29) is 4.57 Å². The van der Waals surface area contributed by atoms with Crippen molar-refractivity contribution in [1.29, 1.82) is 0 Å². The fourth-order valence-electron chi connectivity index (χ4n) is 1.18. The molecular weight excluding hydrogens is 192 g/mol. The average molecular weight is 220 g/mol. The van der Waals surface area contributed by atoms with Gasteiger partial charge in [0.1, 0.15) is 1.37 Å². The monoisotopic (exact) mass is 220 g/mol. The van der Waals surface area contributed by atoms with Crippen LogP contribution in [0.3, 0.4) is 0 Å². The van der Waals surface area contributed by atoms with E-state index in [1.165, 1.54) is 0 Å². The van der Waals surface area contributed by atoms with E-state index in [1.807, 2.05) is 0 Å². The molecule has 0 saturated carbocycles. The Morgan fingerprint density at radius 1 is 2.00 bits per heavy atom. The van der Waals surface area contributed by atoms with Gasteiger partial charge in [-0.3, -0.25) is 4.79 Å². The summed E-state index contributed by atoms with van der Waals surface area (Å²) in [7, 11) is 0. The van der Waals surface area contributed by atoms with Crippen molar-refractivity contribution in [3.8, 4) is 0 Å². The largest absolute Gasteiger partial charge is 0.465 e. The number of imidazole rings is 1. The van der Waals surface area contributed by atoms with Crippen molar-refractivity contribution in [2.75, 3.05) is 6.61 Å². The van der Waals surface area contributed by atoms with Crippen LogP contribution in [-0.4, -0.2) is 22.1 Å². The van der Waals surface area contributed by atoms with Gasteiger partial charge >= 0.3 is 5.97 Å². The molecule has 4 heteroatoms. The second-order valence-corrected chi connectivity index (χ2v) is 2.84. The summed E-state index contributed by atoms with van der Waals surface area (Å²) in [5.74, 6) is -7.24. The first-order valence-corrected chi connectivity index (χ1v) is 4.13. The number of esters is 1. The van der Waals surface area contributed by atoms with E-state index < -0.39 is 69.2 Å². The highest BCUT2D eigenvalue weighted by molar-refractivity contribution is 5.74. The Bertz CT molecular complexity index is 769. The lowest BCUT2D eigenvalue weighted by atomic mass is 9.89. The third-order valence-corrected chi connectivity index (χ3v) is 1.94. The summed E-state index contributed by atoms with van der Waals surface area (Å²) in [6.07, 6.45) is -6.39. The molecule has 15 heavy (non-hydrogen) atoms. The Labute approximate surface area is 106 Å². The van der Waals surface area contributed by atoms with Crippen LogP contribution in [0.4, 0.5) is 0 Å². The number of aromatic nitrogens is 2. The molecule has 1 aliphatic rings. The van der Waals surface area contributed by atoms with Gasteiger partial charge in [-0.25, -0.2) is 4.98 Å². The summed E-state index contributed by atoms with van der Waals surface area (Å²) in [4.78, 5) is 15.4. The number of cyclic esters (lactones) is 1. The Balaban J connectivity index is 2.74. The normalized spacial score (nSPS) is 49.7. The van der Waals surface area contributed by atoms with Crippen LogP contribution in [0.25, 0.3) is 0 Å². The van der Waals surface area contributed by atoms with Crippen molar-refractivity contribution in [2.24, 2.45) is 18.8 Å². The second-order valence-electron chi connectivity index (χ2n) is 2.84. The number of hydrogen-bond donors (Lipinski definition) is 0. The molecule has 1 aliphatic heterocycles. The maximum absolute atomic E-state index is 12.1. The molecule has 2 heterocycles. The van der Waals surface area contributed by atoms with Gasteiger partial charge in [-0.05, 0) is 12.8 Å². The first kappa shape index (κ1) is 3.09. The smallest absolute Gasteiger partial charge is 0.309 e. The Morgan fingerprint density at radius 3 is 3.73 bits per heavy atom. The molecule has 82 valence electrons. The van der Waals surface area contributed by atoms with Crippen molar-refractivity contribution in [2.45, 2.75) is 19.6 Å². The van der Waals surface area contributed by atoms with Crippen molar-refractivity contribution >= 4 is 5.97 Å². The van der Waals surface area contributed by atoms with E-state index >= 15 is 0 Å². The minimum absolute atomic E-state index is 0.115. The quantitative estimate of drug-likeness (QED) is 0.718. The molecule has 2 atom stereocenters. The molecule has 0 bridgehead atoms. The van der Waals surface area contributed by atoms with Crippen LogP contribution in [0.1, 0.15) is 35.4 Å². The van der Waals surface area contributed by atoms with E-state index in [1.54, 1.807) is 0 Å². The number of carbonyl (C=O) groups is 1. The lowest BCUT2D eigenvalue weighted by molar-refractivity contribution is -0.141. The first-order valence-electron chi connectivity index (χ1n) is 10.1. The lowest BCUT2D eigenvalue weighted by Gasteiger charge is -2.12. The lowest BCUT2D eigenvalue weighted by Crippen LogP contribution is -2.18. The Morgan fingerprint density at radius 2 is 2.93 bits per heavy atom. The highest BCUT2D eigenvalue weighted by Crippen LogP contribution is 2.27. The zero-order valence-corrected chi connectivity index (χ0v) is 7.63. The zero-order valence-electron chi connectivity index (χ0n) is 19.6. The van der Waals surface area contributed by atoms with Crippen LogP contribution >= 0.6 is 0 Å². The molecule has 0 radical (unpaired) electrons. The Kier molecular flexibility index (Phi) is 0.833. The number of hydrogen-bond acceptors (Lipinski definition) is 3. The number of nitrogens with zero attached hydrogens (tertiary/aromatic N) is 2. The fourth-order valence-corrected chi connectivity index (χ4v) is 1.18. The van der Waals surface area contributed by atoms with Gasteiger partial charge < -0.3 is 9.30 Å². The van der Waals surface area contributed by atoms with Gasteiger partial charge in [-0.15, -0.1) is 0 Å². The summed E-state index contributed by atoms with van der Waals surface area (Å²) < 4.78 is 97.8. The molecule has 2 rings (SSSR count). The molecule has 0 N–H and O–H groups in total. The summed E-state index contributed by atoms with van der Waals surface area (Å²) in [6, 6.07) is 0. The van der Waals surface area contributed by atoms with Crippen LogP contribution in [0.15, 0.2) is 12.5 Å². The van der Waals surface area contributed by atoms with Crippen molar-refractivity contribution in [3.05, 3.63) is 18.2 Å². The standard InChI is InChI=1S/C11H16N2O2/c1-3-10-8(6-15-11(10)14)4-9-5-12-7-13(9)2/h5,7-8,10H,3-4,6H2,1-2H3/t8-,10-/m0/s1/i1D3,2D3,4D2,5D,7D,8D,10D. The van der Waals surface area contributed by atoms with Crippen LogP contribution in [0, 0.1) is 11.8 Å².